The molecule has 1 aromatic rings. The summed E-state index contributed by atoms with van der Waals surface area (Å²) in [7, 11) is -4.25. The quantitative estimate of drug-likeness (QED) is 0.711. The molecule has 0 heterocycles. The van der Waals surface area contributed by atoms with Crippen LogP contribution < -0.4 is 0 Å². The summed E-state index contributed by atoms with van der Waals surface area (Å²) < 4.78 is 56.2. The Kier molecular flexibility index (Phi) is 5.08. The van der Waals surface area contributed by atoms with Gasteiger partial charge in [-0.1, -0.05) is 0 Å². The molecule has 108 valence electrons. The molecule has 0 amide bonds. The molecular formula is C11H16O6S2. The highest BCUT2D eigenvalue weighted by molar-refractivity contribution is 7.91. The minimum Gasteiger partial charge on any atom is -0.355 e. The van der Waals surface area contributed by atoms with Gasteiger partial charge in [-0.15, -0.1) is 0 Å². The number of hydrogen-bond donors (Lipinski definition) is 0. The van der Waals surface area contributed by atoms with Gasteiger partial charge >= 0.3 is 0 Å². The van der Waals surface area contributed by atoms with Crippen molar-refractivity contribution in [1.29, 1.82) is 0 Å². The van der Waals surface area contributed by atoms with Crippen molar-refractivity contribution in [2.75, 3.05) is 26.2 Å². The first-order valence-corrected chi connectivity index (χ1v) is 8.83. The second kappa shape index (κ2) is 6.00. The summed E-state index contributed by atoms with van der Waals surface area (Å²) in [5, 5.41) is 0. The largest absolute Gasteiger partial charge is 0.355 e. The summed E-state index contributed by atoms with van der Waals surface area (Å²) >= 11 is 0. The monoisotopic (exact) mass is 308 g/mol. The molecule has 0 radical (unpaired) electrons. The van der Waals surface area contributed by atoms with Crippen molar-refractivity contribution >= 4 is 19.7 Å². The van der Waals surface area contributed by atoms with Gasteiger partial charge in [0.15, 0.2) is 26.0 Å². The van der Waals surface area contributed by atoms with Crippen LogP contribution in [0.15, 0.2) is 34.1 Å². The minimum absolute atomic E-state index is 0.0269. The van der Waals surface area contributed by atoms with Crippen LogP contribution in [0.5, 0.6) is 0 Å². The number of rotatable bonds is 6. The Hall–Kier alpha value is -0.960. The van der Waals surface area contributed by atoms with E-state index >= 15 is 0 Å². The van der Waals surface area contributed by atoms with E-state index in [1.807, 2.05) is 0 Å². The predicted molar refractivity (Wildman–Crippen MR) is 69.4 cm³/mol. The van der Waals surface area contributed by atoms with Gasteiger partial charge in [0.2, 0.25) is 0 Å². The first-order valence-electron chi connectivity index (χ1n) is 5.29. The molecule has 0 aliphatic heterocycles. The van der Waals surface area contributed by atoms with Crippen molar-refractivity contribution in [2.24, 2.45) is 0 Å². The topological polar surface area (TPSA) is 86.7 Å². The molecule has 8 heteroatoms. The van der Waals surface area contributed by atoms with Gasteiger partial charge in [-0.3, -0.25) is 0 Å². The second-order valence-electron chi connectivity index (χ2n) is 3.93. The predicted octanol–water partition coefficient (Wildman–Crippen LogP) is 0.483. The number of ether oxygens (including phenoxy) is 2. The van der Waals surface area contributed by atoms with Crippen LogP contribution in [-0.4, -0.2) is 49.4 Å². The average Bonchev–Trinajstić information content (AvgIpc) is 2.35. The van der Waals surface area contributed by atoms with E-state index < -0.39 is 26.0 Å². The molecule has 1 aromatic carbocycles. The van der Waals surface area contributed by atoms with E-state index in [2.05, 4.69) is 0 Å². The second-order valence-corrected chi connectivity index (χ2v) is 7.98. The lowest BCUT2D eigenvalue weighted by Crippen LogP contribution is -2.24. The lowest BCUT2D eigenvalue weighted by molar-refractivity contribution is -0.0851. The molecule has 1 rings (SSSR count). The molecule has 0 unspecified atom stereocenters. The van der Waals surface area contributed by atoms with Crippen LogP contribution in [-0.2, 0) is 29.1 Å². The van der Waals surface area contributed by atoms with Crippen LogP contribution >= 0.6 is 0 Å². The highest BCUT2D eigenvalue weighted by atomic mass is 32.2. The molecular weight excluding hydrogens is 292 g/mol. The van der Waals surface area contributed by atoms with Crippen molar-refractivity contribution in [3.63, 3.8) is 0 Å². The molecule has 0 aliphatic carbocycles. The summed E-state index contributed by atoms with van der Waals surface area (Å²) in [6.45, 7) is 0. The molecule has 0 aliphatic rings. The summed E-state index contributed by atoms with van der Waals surface area (Å²) in [5.74, 6) is -0.335. The molecule has 0 N–H and O–H groups in total. The van der Waals surface area contributed by atoms with Gasteiger partial charge in [0, 0.05) is 20.5 Å². The van der Waals surface area contributed by atoms with E-state index in [9.17, 15) is 16.8 Å². The van der Waals surface area contributed by atoms with Crippen LogP contribution in [0.1, 0.15) is 0 Å². The van der Waals surface area contributed by atoms with Gasteiger partial charge in [-0.25, -0.2) is 16.8 Å². The van der Waals surface area contributed by atoms with Crippen LogP contribution in [0.25, 0.3) is 0 Å². The summed E-state index contributed by atoms with van der Waals surface area (Å²) in [5.41, 5.74) is 0. The Labute approximate surface area is 113 Å². The van der Waals surface area contributed by atoms with Crippen LogP contribution in [0.2, 0.25) is 0 Å². The maximum Gasteiger partial charge on any atom is 0.183 e. The van der Waals surface area contributed by atoms with Gasteiger partial charge in [0.25, 0.3) is 0 Å². The molecule has 19 heavy (non-hydrogen) atoms. The van der Waals surface area contributed by atoms with Gasteiger partial charge in [-0.2, -0.15) is 0 Å². The van der Waals surface area contributed by atoms with Gasteiger partial charge in [-0.05, 0) is 24.3 Å². The zero-order chi connectivity index (χ0) is 14.7. The zero-order valence-electron chi connectivity index (χ0n) is 10.9. The molecule has 0 saturated heterocycles. The van der Waals surface area contributed by atoms with Crippen molar-refractivity contribution in [1.82, 2.24) is 0 Å². The fraction of sp³-hybridized carbons (Fsp3) is 0.455. The summed E-state index contributed by atoms with van der Waals surface area (Å²) in [6.07, 6.45) is 0.196. The third kappa shape index (κ3) is 4.27. The third-order valence-electron chi connectivity index (χ3n) is 2.49. The molecule has 0 atom stereocenters. The Bertz CT molecular complexity index is 612. The Balaban J connectivity index is 3.04. The van der Waals surface area contributed by atoms with Crippen molar-refractivity contribution in [2.45, 2.75) is 16.1 Å². The van der Waals surface area contributed by atoms with Gasteiger partial charge < -0.3 is 9.47 Å². The summed E-state index contributed by atoms with van der Waals surface area (Å²) in [4.78, 5) is 0.0977. The van der Waals surface area contributed by atoms with Crippen molar-refractivity contribution < 1.29 is 26.3 Å². The number of benzene rings is 1. The molecule has 0 aromatic heterocycles. The normalized spacial score (nSPS) is 12.8. The minimum atomic E-state index is -3.59. The van der Waals surface area contributed by atoms with Crippen molar-refractivity contribution in [3.8, 4) is 0 Å². The zero-order valence-corrected chi connectivity index (χ0v) is 12.5. The standard InChI is InChI=1S/C11H16O6S2/c1-16-11(17-2)8-19(14,15)10-6-4-9(5-7-10)18(3,12)13/h4-7,11H,8H2,1-3H3. The Morgan fingerprint density at radius 1 is 0.947 bits per heavy atom. The lowest BCUT2D eigenvalue weighted by atomic mass is 10.4. The molecule has 0 fully saturated rings. The number of sulfone groups is 2. The Morgan fingerprint density at radius 3 is 1.74 bits per heavy atom. The van der Waals surface area contributed by atoms with Gasteiger partial charge in [0.05, 0.1) is 9.79 Å². The summed E-state index contributed by atoms with van der Waals surface area (Å²) in [6, 6.07) is 5.04. The smallest absolute Gasteiger partial charge is 0.183 e. The van der Waals surface area contributed by atoms with E-state index in [0.29, 0.717) is 0 Å². The highest BCUT2D eigenvalue weighted by Crippen LogP contribution is 2.16. The first-order chi connectivity index (χ1) is 8.70. The molecule has 6 nitrogen and oxygen atoms in total. The van der Waals surface area contributed by atoms with Crippen LogP contribution in [0.4, 0.5) is 0 Å². The average molecular weight is 308 g/mol. The van der Waals surface area contributed by atoms with E-state index in [1.165, 1.54) is 38.5 Å². The van der Waals surface area contributed by atoms with E-state index in [4.69, 9.17) is 9.47 Å². The number of hydrogen-bond acceptors (Lipinski definition) is 6. The molecule has 0 bridgehead atoms. The SMILES string of the molecule is COC(CS(=O)(=O)c1ccc(S(C)(=O)=O)cc1)OC. The van der Waals surface area contributed by atoms with Crippen LogP contribution in [0.3, 0.4) is 0 Å². The molecule has 0 saturated carbocycles. The fourth-order valence-corrected chi connectivity index (χ4v) is 3.41. The van der Waals surface area contributed by atoms with Crippen LogP contribution in [0, 0.1) is 0 Å². The van der Waals surface area contributed by atoms with E-state index in [1.54, 1.807) is 0 Å². The third-order valence-corrected chi connectivity index (χ3v) is 5.32. The highest BCUT2D eigenvalue weighted by Gasteiger charge is 2.21. The maximum atomic E-state index is 12.0. The van der Waals surface area contributed by atoms with E-state index in [-0.39, 0.29) is 15.5 Å². The van der Waals surface area contributed by atoms with E-state index in [0.717, 1.165) is 6.26 Å². The van der Waals surface area contributed by atoms with Crippen molar-refractivity contribution in [3.05, 3.63) is 24.3 Å². The molecule has 0 spiro atoms. The maximum absolute atomic E-state index is 12.0. The number of methoxy groups -OCH3 is 2. The van der Waals surface area contributed by atoms with Gasteiger partial charge in [0.1, 0.15) is 5.75 Å². The first kappa shape index (κ1) is 16.1. The lowest BCUT2D eigenvalue weighted by Gasteiger charge is -2.13. The Morgan fingerprint density at radius 2 is 1.37 bits per heavy atom. The fourth-order valence-electron chi connectivity index (χ4n) is 1.40.